The number of halogens is 2. The number of anilines is 1. The highest BCUT2D eigenvalue weighted by atomic mass is 79.9. The Bertz CT molecular complexity index is 416. The van der Waals surface area contributed by atoms with Crippen molar-refractivity contribution in [2.45, 2.75) is 26.2 Å². The van der Waals surface area contributed by atoms with Gasteiger partial charge in [-0.3, -0.25) is 10.1 Å². The molecule has 0 saturated heterocycles. The highest BCUT2D eigenvalue weighted by Crippen LogP contribution is 2.36. The fourth-order valence-electron chi connectivity index (χ4n) is 1.33. The van der Waals surface area contributed by atoms with Gasteiger partial charge in [0.15, 0.2) is 0 Å². The molecule has 16 heavy (non-hydrogen) atoms. The van der Waals surface area contributed by atoms with E-state index < -0.39 is 4.92 Å². The first-order chi connectivity index (χ1) is 6.73. The summed E-state index contributed by atoms with van der Waals surface area (Å²) in [5.41, 5.74) is 6.47. The fourth-order valence-corrected chi connectivity index (χ4v) is 1.67. The number of nitro benzene ring substituents is 1. The van der Waals surface area contributed by atoms with Gasteiger partial charge in [0, 0.05) is 16.1 Å². The Hall–Kier alpha value is -0.810. The average molecular weight is 310 g/mol. The van der Waals surface area contributed by atoms with E-state index >= 15 is 0 Å². The lowest BCUT2D eigenvalue weighted by atomic mass is 9.86. The van der Waals surface area contributed by atoms with Crippen LogP contribution in [0.1, 0.15) is 26.3 Å². The largest absolute Gasteiger partial charge is 0.398 e. The zero-order chi connectivity index (χ0) is 11.8. The summed E-state index contributed by atoms with van der Waals surface area (Å²) in [4.78, 5) is 10.5. The summed E-state index contributed by atoms with van der Waals surface area (Å²) < 4.78 is 0.693. The number of nitrogens with zero attached hydrogens (tertiary/aromatic N) is 1. The molecule has 0 bridgehead atoms. The normalized spacial score (nSPS) is 10.8. The van der Waals surface area contributed by atoms with Crippen molar-refractivity contribution in [3.8, 4) is 0 Å². The van der Waals surface area contributed by atoms with Crippen molar-refractivity contribution < 1.29 is 4.92 Å². The van der Waals surface area contributed by atoms with E-state index in [1.54, 1.807) is 6.07 Å². The smallest absolute Gasteiger partial charge is 0.275 e. The molecule has 0 saturated carbocycles. The number of nitrogens with two attached hydrogens (primary N) is 1. The lowest BCUT2D eigenvalue weighted by molar-refractivity contribution is -0.385. The van der Waals surface area contributed by atoms with Crippen molar-refractivity contribution in [2.24, 2.45) is 0 Å². The molecule has 0 spiro atoms. The second-order valence-corrected chi connectivity index (χ2v) is 5.25. The van der Waals surface area contributed by atoms with Gasteiger partial charge < -0.3 is 5.73 Å². The number of rotatable bonds is 1. The summed E-state index contributed by atoms with van der Waals surface area (Å²) in [5, 5.41) is 10.9. The van der Waals surface area contributed by atoms with Gasteiger partial charge in [0.1, 0.15) is 0 Å². The van der Waals surface area contributed by atoms with E-state index in [0.29, 0.717) is 15.7 Å². The Morgan fingerprint density at radius 3 is 2.25 bits per heavy atom. The monoisotopic (exact) mass is 308 g/mol. The van der Waals surface area contributed by atoms with E-state index in [-0.39, 0.29) is 23.5 Å². The minimum atomic E-state index is -0.399. The maximum atomic E-state index is 10.9. The first-order valence-electron chi connectivity index (χ1n) is 4.47. The molecule has 1 aromatic rings. The molecular formula is C10H14BrClN2O2. The van der Waals surface area contributed by atoms with Crippen molar-refractivity contribution in [1.82, 2.24) is 0 Å². The quantitative estimate of drug-likeness (QED) is 0.489. The SMILES string of the molecule is CC(C)(C)c1cc(Br)c(N)cc1[N+](=O)[O-].Cl. The van der Waals surface area contributed by atoms with Crippen molar-refractivity contribution in [2.75, 3.05) is 5.73 Å². The molecule has 0 heterocycles. The molecule has 2 N–H and O–H groups in total. The van der Waals surface area contributed by atoms with Crippen LogP contribution in [0.15, 0.2) is 16.6 Å². The number of nitrogen functional groups attached to an aromatic ring is 1. The van der Waals surface area contributed by atoms with Crippen LogP contribution in [-0.4, -0.2) is 4.92 Å². The molecule has 0 aliphatic carbocycles. The predicted octanol–water partition coefficient (Wildman–Crippen LogP) is 3.66. The van der Waals surface area contributed by atoms with E-state index in [2.05, 4.69) is 15.9 Å². The molecule has 0 unspecified atom stereocenters. The van der Waals surface area contributed by atoms with Crippen LogP contribution in [-0.2, 0) is 5.41 Å². The Morgan fingerprint density at radius 1 is 1.38 bits per heavy atom. The molecule has 6 heteroatoms. The second-order valence-electron chi connectivity index (χ2n) is 4.40. The average Bonchev–Trinajstić information content (AvgIpc) is 2.06. The van der Waals surface area contributed by atoms with E-state index in [4.69, 9.17) is 5.73 Å². The maximum Gasteiger partial charge on any atom is 0.275 e. The molecule has 1 rings (SSSR count). The van der Waals surface area contributed by atoms with Crippen LogP contribution in [0.5, 0.6) is 0 Å². The van der Waals surface area contributed by atoms with Crippen LogP contribution in [0.25, 0.3) is 0 Å². The van der Waals surface area contributed by atoms with Gasteiger partial charge in [-0.25, -0.2) is 0 Å². The lowest BCUT2D eigenvalue weighted by Gasteiger charge is -2.19. The van der Waals surface area contributed by atoms with Gasteiger partial charge in [-0.1, -0.05) is 20.8 Å². The predicted molar refractivity (Wildman–Crippen MR) is 71.2 cm³/mol. The Morgan fingerprint density at radius 2 is 1.88 bits per heavy atom. The third-order valence-corrected chi connectivity index (χ3v) is 2.81. The maximum absolute atomic E-state index is 10.9. The standard InChI is InChI=1S/C10H13BrN2O2.ClH/c1-10(2,3)6-4-7(11)8(12)5-9(6)13(14)15;/h4-5H,12H2,1-3H3;1H. The number of nitro groups is 1. The lowest BCUT2D eigenvalue weighted by Crippen LogP contribution is -2.14. The van der Waals surface area contributed by atoms with Crippen molar-refractivity contribution >= 4 is 39.7 Å². The first kappa shape index (κ1) is 15.2. The topological polar surface area (TPSA) is 69.2 Å². The molecule has 4 nitrogen and oxygen atoms in total. The summed E-state index contributed by atoms with van der Waals surface area (Å²) in [6.45, 7) is 5.79. The molecule has 0 amide bonds. The van der Waals surface area contributed by atoms with Gasteiger partial charge in [-0.15, -0.1) is 12.4 Å². The minimum Gasteiger partial charge on any atom is -0.398 e. The van der Waals surface area contributed by atoms with Crippen LogP contribution in [0.4, 0.5) is 11.4 Å². The van der Waals surface area contributed by atoms with Gasteiger partial charge in [0.05, 0.1) is 10.6 Å². The summed E-state index contributed by atoms with van der Waals surface area (Å²) in [6, 6.07) is 3.11. The van der Waals surface area contributed by atoms with Gasteiger partial charge in [0.2, 0.25) is 0 Å². The fraction of sp³-hybridized carbons (Fsp3) is 0.400. The van der Waals surface area contributed by atoms with Crippen LogP contribution in [0.3, 0.4) is 0 Å². The van der Waals surface area contributed by atoms with Gasteiger partial charge >= 0.3 is 0 Å². The van der Waals surface area contributed by atoms with Crippen molar-refractivity contribution in [1.29, 1.82) is 0 Å². The molecule has 90 valence electrons. The van der Waals surface area contributed by atoms with Crippen LogP contribution >= 0.6 is 28.3 Å². The Labute approximate surface area is 109 Å². The third kappa shape index (κ3) is 3.09. The molecule has 0 radical (unpaired) electrons. The summed E-state index contributed by atoms with van der Waals surface area (Å²) in [7, 11) is 0. The molecule has 0 atom stereocenters. The molecule has 0 aliphatic heterocycles. The molecule has 1 aromatic carbocycles. The van der Waals surface area contributed by atoms with E-state index in [0.717, 1.165) is 0 Å². The van der Waals surface area contributed by atoms with E-state index in [9.17, 15) is 10.1 Å². The van der Waals surface area contributed by atoms with E-state index in [1.165, 1.54) is 6.07 Å². The molecule has 0 aromatic heterocycles. The summed E-state index contributed by atoms with van der Waals surface area (Å²) in [5.74, 6) is 0. The molecule has 0 aliphatic rings. The van der Waals surface area contributed by atoms with Gasteiger partial charge in [-0.2, -0.15) is 0 Å². The second kappa shape index (κ2) is 5.01. The Kier molecular flexibility index (Phi) is 4.76. The highest BCUT2D eigenvalue weighted by molar-refractivity contribution is 9.10. The zero-order valence-corrected chi connectivity index (χ0v) is 11.7. The van der Waals surface area contributed by atoms with Gasteiger partial charge in [-0.05, 0) is 27.4 Å². The number of hydrogen-bond donors (Lipinski definition) is 1. The summed E-state index contributed by atoms with van der Waals surface area (Å²) >= 11 is 3.27. The molecular weight excluding hydrogens is 295 g/mol. The van der Waals surface area contributed by atoms with Crippen LogP contribution in [0.2, 0.25) is 0 Å². The highest BCUT2D eigenvalue weighted by Gasteiger charge is 2.25. The third-order valence-electron chi connectivity index (χ3n) is 2.12. The summed E-state index contributed by atoms with van der Waals surface area (Å²) in [6.07, 6.45) is 0. The van der Waals surface area contributed by atoms with Crippen LogP contribution < -0.4 is 5.73 Å². The van der Waals surface area contributed by atoms with Crippen molar-refractivity contribution in [3.05, 3.63) is 32.3 Å². The van der Waals surface area contributed by atoms with Crippen LogP contribution in [0, 0.1) is 10.1 Å². The zero-order valence-electron chi connectivity index (χ0n) is 9.28. The molecule has 0 fully saturated rings. The number of hydrogen-bond acceptors (Lipinski definition) is 3. The minimum absolute atomic E-state index is 0. The van der Waals surface area contributed by atoms with Gasteiger partial charge in [0.25, 0.3) is 5.69 Å². The number of benzene rings is 1. The Balaban J connectivity index is 0.00000225. The van der Waals surface area contributed by atoms with Crippen molar-refractivity contribution in [3.63, 3.8) is 0 Å². The first-order valence-corrected chi connectivity index (χ1v) is 5.26. The van der Waals surface area contributed by atoms with E-state index in [1.807, 2.05) is 20.8 Å².